The summed E-state index contributed by atoms with van der Waals surface area (Å²) in [5, 5.41) is 9.36. The van der Waals surface area contributed by atoms with Crippen molar-refractivity contribution < 1.29 is 23.7 Å². The van der Waals surface area contributed by atoms with Crippen molar-refractivity contribution in [1.82, 2.24) is 14.3 Å². The van der Waals surface area contributed by atoms with Crippen molar-refractivity contribution >= 4 is 28.2 Å². The number of hydrogen-bond donors (Lipinski definition) is 1. The van der Waals surface area contributed by atoms with E-state index in [0.29, 0.717) is 28.6 Å². The number of ether oxygens (including phenoxy) is 4. The van der Waals surface area contributed by atoms with Gasteiger partial charge in [0.1, 0.15) is 22.9 Å². The Balaban J connectivity index is 1.84. The summed E-state index contributed by atoms with van der Waals surface area (Å²) in [6.07, 6.45) is 5.25. The molecule has 9 heteroatoms. The maximum Gasteiger partial charge on any atom is 0.267 e. The van der Waals surface area contributed by atoms with E-state index < -0.39 is 0 Å². The van der Waals surface area contributed by atoms with Crippen molar-refractivity contribution in [2.24, 2.45) is 7.05 Å². The summed E-state index contributed by atoms with van der Waals surface area (Å²) in [4.78, 5) is 13.7. The molecule has 0 saturated carbocycles. The van der Waals surface area contributed by atoms with Crippen LogP contribution in [0.5, 0.6) is 11.5 Å². The van der Waals surface area contributed by atoms with Crippen LogP contribution in [0.25, 0.3) is 10.8 Å². The van der Waals surface area contributed by atoms with Crippen molar-refractivity contribution in [2.75, 3.05) is 33.1 Å². The molecule has 0 saturated heterocycles. The van der Waals surface area contributed by atoms with Crippen molar-refractivity contribution in [1.29, 1.82) is 0 Å². The molecule has 9 nitrogen and oxygen atoms in total. The van der Waals surface area contributed by atoms with Gasteiger partial charge in [-0.2, -0.15) is 5.10 Å². The number of carbonyl (C=O) groups excluding carboxylic acids is 1. The molecule has 4 aromatic rings. The predicted octanol–water partition coefficient (Wildman–Crippen LogP) is 3.77. The largest absolute Gasteiger partial charge is 0.467 e. The van der Waals surface area contributed by atoms with E-state index in [-0.39, 0.29) is 19.5 Å². The third-order valence-corrected chi connectivity index (χ3v) is 4.84. The summed E-state index contributed by atoms with van der Waals surface area (Å²) in [6, 6.07) is 12.9. The lowest BCUT2D eigenvalue weighted by molar-refractivity contribution is 0.0456. The van der Waals surface area contributed by atoms with Gasteiger partial charge in [0.25, 0.3) is 5.91 Å². The Labute approximate surface area is 185 Å². The van der Waals surface area contributed by atoms with Crippen molar-refractivity contribution in [3.63, 3.8) is 0 Å². The van der Waals surface area contributed by atoms with Gasteiger partial charge in [0, 0.05) is 51.9 Å². The standard InChI is InChI=1S/C23H24N4O5/c1-26-21(8-9-24-26)25-19-10-18(31-14-29-2)11-20(32-15-30-3)22(19)23(28)27-12-16-6-4-5-7-17(16)13-27/h4-13,25H,14-15H2,1-3H3. The molecule has 0 spiro atoms. The first-order valence-electron chi connectivity index (χ1n) is 9.88. The van der Waals surface area contributed by atoms with Gasteiger partial charge in [0.2, 0.25) is 0 Å². The average Bonchev–Trinajstić information content (AvgIpc) is 3.41. The molecular weight excluding hydrogens is 412 g/mol. The molecule has 0 atom stereocenters. The quantitative estimate of drug-likeness (QED) is 0.400. The number of benzene rings is 2. The molecule has 2 heterocycles. The number of anilines is 2. The van der Waals surface area contributed by atoms with E-state index in [1.165, 1.54) is 14.2 Å². The molecule has 0 aliphatic carbocycles. The number of nitrogens with zero attached hydrogens (tertiary/aromatic N) is 3. The van der Waals surface area contributed by atoms with Crippen LogP contribution in [-0.4, -0.2) is 48.1 Å². The first-order valence-corrected chi connectivity index (χ1v) is 9.88. The Morgan fingerprint density at radius 2 is 1.69 bits per heavy atom. The number of nitrogens with one attached hydrogen (secondary N) is 1. The minimum atomic E-state index is -0.268. The number of hydrogen-bond acceptors (Lipinski definition) is 7. The number of aromatic nitrogens is 3. The van der Waals surface area contributed by atoms with Gasteiger partial charge < -0.3 is 24.3 Å². The lowest BCUT2D eigenvalue weighted by Gasteiger charge is -2.18. The normalized spacial score (nSPS) is 11.0. The van der Waals surface area contributed by atoms with Crippen LogP contribution < -0.4 is 14.8 Å². The van der Waals surface area contributed by atoms with Crippen molar-refractivity contribution in [2.45, 2.75) is 0 Å². The van der Waals surface area contributed by atoms with Gasteiger partial charge in [-0.25, -0.2) is 0 Å². The fraction of sp³-hybridized carbons (Fsp3) is 0.217. The van der Waals surface area contributed by atoms with Gasteiger partial charge in [-0.1, -0.05) is 24.3 Å². The molecule has 0 radical (unpaired) electrons. The van der Waals surface area contributed by atoms with Crippen LogP contribution in [0.1, 0.15) is 10.4 Å². The van der Waals surface area contributed by atoms with Gasteiger partial charge in [0.15, 0.2) is 13.6 Å². The maximum absolute atomic E-state index is 13.7. The Morgan fingerprint density at radius 3 is 2.31 bits per heavy atom. The first-order chi connectivity index (χ1) is 15.6. The number of methoxy groups -OCH3 is 2. The second-order valence-corrected chi connectivity index (χ2v) is 7.01. The molecule has 166 valence electrons. The van der Waals surface area contributed by atoms with E-state index in [0.717, 1.165) is 10.8 Å². The molecule has 2 aromatic heterocycles. The Bertz CT molecular complexity index is 1200. The van der Waals surface area contributed by atoms with Gasteiger partial charge in [-0.3, -0.25) is 14.0 Å². The lowest BCUT2D eigenvalue weighted by atomic mass is 10.1. The fourth-order valence-electron chi connectivity index (χ4n) is 3.32. The van der Waals surface area contributed by atoms with Gasteiger partial charge in [0.05, 0.1) is 11.9 Å². The number of aryl methyl sites for hydroxylation is 1. The summed E-state index contributed by atoms with van der Waals surface area (Å²) in [7, 11) is 4.85. The van der Waals surface area contributed by atoms with E-state index >= 15 is 0 Å². The van der Waals surface area contributed by atoms with Crippen LogP contribution in [0, 0.1) is 0 Å². The minimum absolute atomic E-state index is 0.0349. The Morgan fingerprint density at radius 1 is 1.00 bits per heavy atom. The zero-order chi connectivity index (χ0) is 22.5. The third kappa shape index (κ3) is 4.43. The lowest BCUT2D eigenvalue weighted by Crippen LogP contribution is -2.16. The summed E-state index contributed by atoms with van der Waals surface area (Å²) in [6.45, 7) is 0.0119. The number of fused-ring (bicyclic) bond motifs is 1. The number of rotatable bonds is 9. The van der Waals surface area contributed by atoms with Crippen LogP contribution in [0.15, 0.2) is 61.1 Å². The van der Waals surface area contributed by atoms with E-state index in [2.05, 4.69) is 10.4 Å². The van der Waals surface area contributed by atoms with E-state index in [1.807, 2.05) is 24.3 Å². The second-order valence-electron chi connectivity index (χ2n) is 7.01. The average molecular weight is 436 g/mol. The summed E-state index contributed by atoms with van der Waals surface area (Å²) in [5.74, 6) is 1.21. The van der Waals surface area contributed by atoms with Gasteiger partial charge >= 0.3 is 0 Å². The van der Waals surface area contributed by atoms with E-state index in [1.54, 1.807) is 53.1 Å². The second kappa shape index (κ2) is 9.54. The highest BCUT2D eigenvalue weighted by Crippen LogP contribution is 2.35. The van der Waals surface area contributed by atoms with Crippen LogP contribution in [0.4, 0.5) is 11.5 Å². The molecule has 2 aromatic carbocycles. The minimum Gasteiger partial charge on any atom is -0.467 e. The highest BCUT2D eigenvalue weighted by atomic mass is 16.7. The predicted molar refractivity (Wildman–Crippen MR) is 120 cm³/mol. The van der Waals surface area contributed by atoms with Crippen molar-refractivity contribution in [3.8, 4) is 11.5 Å². The SMILES string of the molecule is COCOc1cc(Nc2ccnn2C)c(C(=O)n2cc3ccccc3c2)c(OCOC)c1. The van der Waals surface area contributed by atoms with Crippen LogP contribution in [-0.2, 0) is 16.5 Å². The van der Waals surface area contributed by atoms with E-state index in [4.69, 9.17) is 18.9 Å². The van der Waals surface area contributed by atoms with Crippen LogP contribution in [0.2, 0.25) is 0 Å². The van der Waals surface area contributed by atoms with Crippen LogP contribution in [0.3, 0.4) is 0 Å². The van der Waals surface area contributed by atoms with E-state index in [9.17, 15) is 4.79 Å². The molecule has 4 rings (SSSR count). The number of carbonyl (C=O) groups is 1. The van der Waals surface area contributed by atoms with Gasteiger partial charge in [-0.05, 0) is 10.8 Å². The summed E-state index contributed by atoms with van der Waals surface area (Å²) < 4.78 is 24.7. The molecule has 0 aliphatic rings. The molecule has 0 unspecified atom stereocenters. The Hall–Kier alpha value is -3.82. The zero-order valence-electron chi connectivity index (χ0n) is 18.1. The summed E-state index contributed by atoms with van der Waals surface area (Å²) in [5.41, 5.74) is 0.824. The molecule has 1 N–H and O–H groups in total. The van der Waals surface area contributed by atoms with Crippen LogP contribution >= 0.6 is 0 Å². The molecule has 0 bridgehead atoms. The third-order valence-electron chi connectivity index (χ3n) is 4.84. The molecule has 0 fully saturated rings. The maximum atomic E-state index is 13.7. The molecular formula is C23H24N4O5. The molecule has 0 aliphatic heterocycles. The smallest absolute Gasteiger partial charge is 0.267 e. The fourth-order valence-corrected chi connectivity index (χ4v) is 3.32. The molecule has 32 heavy (non-hydrogen) atoms. The first kappa shape index (κ1) is 21.4. The highest BCUT2D eigenvalue weighted by Gasteiger charge is 2.23. The highest BCUT2D eigenvalue weighted by molar-refractivity contribution is 6.06. The Kier molecular flexibility index (Phi) is 6.39. The van der Waals surface area contributed by atoms with Crippen molar-refractivity contribution in [3.05, 3.63) is 66.6 Å². The van der Waals surface area contributed by atoms with Gasteiger partial charge in [-0.15, -0.1) is 0 Å². The summed E-state index contributed by atoms with van der Waals surface area (Å²) >= 11 is 0. The zero-order valence-corrected chi connectivity index (χ0v) is 18.1. The monoisotopic (exact) mass is 436 g/mol. The molecule has 0 amide bonds. The topological polar surface area (TPSA) is 88.8 Å².